The Hall–Kier alpha value is -0.0500. The quantitative estimate of drug-likeness (QED) is 0.405. The van der Waals surface area contributed by atoms with E-state index >= 15 is 0 Å². The highest BCUT2D eigenvalue weighted by Crippen LogP contribution is 2.40. The van der Waals surface area contributed by atoms with Crippen LogP contribution in [0.15, 0.2) is 0 Å². The number of ether oxygens (including phenoxy) is 2. The van der Waals surface area contributed by atoms with E-state index < -0.39 is 37.8 Å². The second kappa shape index (κ2) is 10.3. The van der Waals surface area contributed by atoms with Gasteiger partial charge in [-0.05, 0) is 47.1 Å². The summed E-state index contributed by atoms with van der Waals surface area (Å²) in [5.74, 6) is 0. The van der Waals surface area contributed by atoms with Crippen molar-refractivity contribution in [3.63, 3.8) is 0 Å². The smallest absolute Gasteiger partial charge is 0.267 e. The van der Waals surface area contributed by atoms with Crippen molar-refractivity contribution in [1.82, 2.24) is 0 Å². The van der Waals surface area contributed by atoms with Crippen LogP contribution in [-0.4, -0.2) is 54.9 Å². The minimum absolute atomic E-state index is 0.0812. The van der Waals surface area contributed by atoms with Crippen LogP contribution in [0.1, 0.15) is 53.4 Å². The zero-order valence-electron chi connectivity index (χ0n) is 15.7. The van der Waals surface area contributed by atoms with E-state index in [1.165, 1.54) is 0 Å². The molecule has 0 radical (unpaired) electrons. The molecule has 1 rings (SSSR count). The van der Waals surface area contributed by atoms with Crippen LogP contribution in [0.3, 0.4) is 0 Å². The lowest BCUT2D eigenvalue weighted by atomic mass is 10.1. The number of unbranched alkanes of at least 4 members (excludes halogenated alkanes) is 3. The summed E-state index contributed by atoms with van der Waals surface area (Å²) in [6.45, 7) is 7.73. The van der Waals surface area contributed by atoms with E-state index in [2.05, 4.69) is 0 Å². The van der Waals surface area contributed by atoms with Gasteiger partial charge in [0.05, 0.1) is 24.9 Å². The molecule has 25 heavy (non-hydrogen) atoms. The molecule has 0 aromatic carbocycles. The Morgan fingerprint density at radius 2 is 1.84 bits per heavy atom. The summed E-state index contributed by atoms with van der Waals surface area (Å²) in [6.07, 6.45) is 0.695. The molecule has 1 fully saturated rings. The van der Waals surface area contributed by atoms with E-state index in [-0.39, 0.29) is 13.2 Å². The van der Waals surface area contributed by atoms with Gasteiger partial charge in [-0.3, -0.25) is 4.57 Å². The van der Waals surface area contributed by atoms with Crippen LogP contribution >= 0.6 is 7.82 Å². The highest BCUT2D eigenvalue weighted by Gasteiger charge is 2.44. The van der Waals surface area contributed by atoms with Gasteiger partial charge in [0, 0.05) is 0 Å². The Labute approximate surface area is 150 Å². The third-order valence-corrected chi connectivity index (χ3v) is 4.77. The second-order valence-electron chi connectivity index (χ2n) is 7.34. The molecule has 0 bridgehead atoms. The zero-order chi connectivity index (χ0) is 19.1. The molecule has 150 valence electrons. The molecule has 3 N–H and O–H groups in total. The van der Waals surface area contributed by atoms with Gasteiger partial charge in [0.15, 0.2) is 0 Å². The summed E-state index contributed by atoms with van der Waals surface area (Å²) in [4.78, 5) is 11.8. The minimum atomic E-state index is -4.41. The van der Waals surface area contributed by atoms with Crippen LogP contribution in [0.5, 0.6) is 0 Å². The maximum atomic E-state index is 11.8. The normalized spacial score (nSPS) is 29.7. The molecule has 0 aromatic rings. The molecule has 9 heteroatoms. The molecule has 1 saturated heterocycles. The molecule has 1 heterocycles. The fourth-order valence-electron chi connectivity index (χ4n) is 2.59. The first kappa shape index (κ1) is 23.0. The molecule has 1 aliphatic rings. The van der Waals surface area contributed by atoms with Crippen molar-refractivity contribution in [2.45, 2.75) is 83.4 Å². The number of hydrogen-bond donors (Lipinski definition) is 2. The molecule has 1 unspecified atom stereocenters. The maximum Gasteiger partial charge on any atom is 0.267 e. The largest absolute Gasteiger partial charge is 0.756 e. The Morgan fingerprint density at radius 3 is 2.44 bits per heavy atom. The average Bonchev–Trinajstić information content (AvgIpc) is 2.75. The van der Waals surface area contributed by atoms with Crippen molar-refractivity contribution in [2.24, 2.45) is 5.73 Å². The molecule has 0 amide bonds. The number of hydrogen-bond acceptors (Lipinski definition) is 8. The summed E-state index contributed by atoms with van der Waals surface area (Å²) in [6, 6.07) is 0. The predicted octanol–water partition coefficient (Wildman–Crippen LogP) is 1.34. The molecule has 8 nitrogen and oxygen atoms in total. The van der Waals surface area contributed by atoms with Crippen molar-refractivity contribution in [3.05, 3.63) is 0 Å². The van der Waals surface area contributed by atoms with Gasteiger partial charge < -0.3 is 34.3 Å². The van der Waals surface area contributed by atoms with Crippen LogP contribution < -0.4 is 10.6 Å². The van der Waals surface area contributed by atoms with E-state index in [9.17, 15) is 14.6 Å². The number of phosphoric ester groups is 1. The number of phosphoric acid groups is 1. The SMILES string of the molecule is C[C@@H]1O[C@H](COP(=O)([O-])OCCCCCCN)[C@H](OC(C)(C)C)[C@@H]1O. The summed E-state index contributed by atoms with van der Waals surface area (Å²) in [5, 5.41) is 10.2. The van der Waals surface area contributed by atoms with Crippen LogP contribution in [0.25, 0.3) is 0 Å². The van der Waals surface area contributed by atoms with Crippen LogP contribution in [0, 0.1) is 0 Å². The van der Waals surface area contributed by atoms with Crippen LogP contribution in [-0.2, 0) is 23.1 Å². The first-order valence-electron chi connectivity index (χ1n) is 8.87. The Bertz CT molecular complexity index is 429. The first-order chi connectivity index (χ1) is 11.6. The fourth-order valence-corrected chi connectivity index (χ4v) is 3.34. The monoisotopic (exact) mass is 382 g/mol. The summed E-state index contributed by atoms with van der Waals surface area (Å²) >= 11 is 0. The number of nitrogens with two attached hydrogens (primary N) is 1. The van der Waals surface area contributed by atoms with E-state index in [1.807, 2.05) is 20.8 Å². The van der Waals surface area contributed by atoms with Gasteiger partial charge in [0.25, 0.3) is 7.82 Å². The highest BCUT2D eigenvalue weighted by atomic mass is 31.2. The predicted molar refractivity (Wildman–Crippen MR) is 92.0 cm³/mol. The molecular weight excluding hydrogens is 349 g/mol. The first-order valence-corrected chi connectivity index (χ1v) is 10.3. The lowest BCUT2D eigenvalue weighted by molar-refractivity contribution is -0.229. The summed E-state index contributed by atoms with van der Waals surface area (Å²) < 4.78 is 33.0. The topological polar surface area (TPSA) is 123 Å². The van der Waals surface area contributed by atoms with Crippen molar-refractivity contribution >= 4 is 7.82 Å². The molecular formula is C16H33NO7P-. The van der Waals surface area contributed by atoms with Gasteiger partial charge in [-0.25, -0.2) is 0 Å². The molecule has 0 aliphatic carbocycles. The van der Waals surface area contributed by atoms with Gasteiger partial charge in [-0.1, -0.05) is 12.8 Å². The third kappa shape index (κ3) is 8.93. The van der Waals surface area contributed by atoms with Gasteiger partial charge >= 0.3 is 0 Å². The minimum Gasteiger partial charge on any atom is -0.756 e. The van der Waals surface area contributed by atoms with E-state index in [0.29, 0.717) is 13.0 Å². The van der Waals surface area contributed by atoms with Crippen molar-refractivity contribution in [3.8, 4) is 0 Å². The van der Waals surface area contributed by atoms with Crippen molar-refractivity contribution < 1.29 is 33.1 Å². The Balaban J connectivity index is 2.41. The zero-order valence-corrected chi connectivity index (χ0v) is 16.6. The second-order valence-corrected chi connectivity index (χ2v) is 8.76. The maximum absolute atomic E-state index is 11.8. The molecule has 5 atom stereocenters. The molecule has 0 aromatic heterocycles. The van der Waals surface area contributed by atoms with E-state index in [0.717, 1.165) is 19.3 Å². The summed E-state index contributed by atoms with van der Waals surface area (Å²) in [5.41, 5.74) is 4.89. The lowest BCUT2D eigenvalue weighted by Crippen LogP contribution is -2.42. The van der Waals surface area contributed by atoms with Crippen molar-refractivity contribution in [1.29, 1.82) is 0 Å². The number of rotatable bonds is 11. The van der Waals surface area contributed by atoms with Crippen LogP contribution in [0.4, 0.5) is 0 Å². The van der Waals surface area contributed by atoms with Crippen molar-refractivity contribution in [2.75, 3.05) is 19.8 Å². The number of aliphatic hydroxyl groups excluding tert-OH is 1. The van der Waals surface area contributed by atoms with E-state index in [4.69, 9.17) is 24.3 Å². The number of aliphatic hydroxyl groups is 1. The van der Waals surface area contributed by atoms with Crippen LogP contribution in [0.2, 0.25) is 0 Å². The Kier molecular flexibility index (Phi) is 9.50. The third-order valence-electron chi connectivity index (χ3n) is 3.81. The standard InChI is InChI=1S/C16H34NO7P/c1-12-14(18)15(24-16(2,3)4)13(23-12)11-22-25(19,20)21-10-8-6-5-7-9-17/h12-15,18H,5-11,17H2,1-4H3,(H,19,20)/p-1/t12-,13+,14+,15-/m0/s1. The van der Waals surface area contributed by atoms with Gasteiger partial charge in [0.1, 0.15) is 18.3 Å². The summed E-state index contributed by atoms with van der Waals surface area (Å²) in [7, 11) is -4.41. The average molecular weight is 382 g/mol. The molecule has 1 aliphatic heterocycles. The highest BCUT2D eigenvalue weighted by molar-refractivity contribution is 7.45. The van der Waals surface area contributed by atoms with E-state index in [1.54, 1.807) is 6.92 Å². The molecule has 0 spiro atoms. The fraction of sp³-hybridized carbons (Fsp3) is 1.00. The van der Waals surface area contributed by atoms with Gasteiger partial charge in [0.2, 0.25) is 0 Å². The lowest BCUT2D eigenvalue weighted by Gasteiger charge is -2.30. The molecule has 0 saturated carbocycles. The Morgan fingerprint density at radius 1 is 1.20 bits per heavy atom. The van der Waals surface area contributed by atoms with Gasteiger partial charge in [-0.2, -0.15) is 0 Å². The van der Waals surface area contributed by atoms with Gasteiger partial charge in [-0.15, -0.1) is 0 Å².